The number of rotatable bonds is 4. The number of hydrogen-bond donors (Lipinski definition) is 1. The highest BCUT2D eigenvalue weighted by atomic mass is 32.2. The third kappa shape index (κ3) is 3.67. The van der Waals surface area contributed by atoms with Crippen LogP contribution < -0.4 is 5.32 Å². The molecule has 5 nitrogen and oxygen atoms in total. The molecule has 1 aliphatic rings. The molecule has 0 saturated heterocycles. The zero-order valence-corrected chi connectivity index (χ0v) is 12.1. The van der Waals surface area contributed by atoms with E-state index in [1.165, 1.54) is 18.9 Å². The van der Waals surface area contributed by atoms with Crippen LogP contribution in [0.25, 0.3) is 0 Å². The molecule has 106 valence electrons. The first-order chi connectivity index (χ1) is 9.00. The number of sulfone groups is 1. The average Bonchev–Trinajstić information content (AvgIpc) is 2.39. The zero-order valence-electron chi connectivity index (χ0n) is 11.3. The fourth-order valence-electron chi connectivity index (χ4n) is 2.44. The number of pyridine rings is 1. The molecule has 1 fully saturated rings. The predicted octanol–water partition coefficient (Wildman–Crippen LogP) is 1.85. The summed E-state index contributed by atoms with van der Waals surface area (Å²) >= 11 is 0. The molecule has 1 N–H and O–H groups in total. The topological polar surface area (TPSA) is 68.3 Å². The van der Waals surface area contributed by atoms with Crippen LogP contribution in [-0.4, -0.2) is 38.9 Å². The van der Waals surface area contributed by atoms with Gasteiger partial charge in [0.25, 0.3) is 0 Å². The fraction of sp³-hybridized carbons (Fsp3) is 0.615. The van der Waals surface area contributed by atoms with Gasteiger partial charge in [-0.25, -0.2) is 13.4 Å². The normalized spacial score (nSPS) is 24.1. The lowest BCUT2D eigenvalue weighted by Crippen LogP contribution is -2.37. The summed E-state index contributed by atoms with van der Waals surface area (Å²) in [7, 11) is -1.50. The van der Waals surface area contributed by atoms with Crippen molar-refractivity contribution in [3.05, 3.63) is 18.3 Å². The van der Waals surface area contributed by atoms with Crippen molar-refractivity contribution >= 4 is 15.5 Å². The van der Waals surface area contributed by atoms with E-state index in [2.05, 4.69) is 10.3 Å². The third-order valence-electron chi connectivity index (χ3n) is 3.47. The van der Waals surface area contributed by atoms with E-state index >= 15 is 0 Å². The monoisotopic (exact) mass is 284 g/mol. The molecular formula is C13H20N2O3S. The summed E-state index contributed by atoms with van der Waals surface area (Å²) in [5.74, 6) is 0. The van der Waals surface area contributed by atoms with Crippen LogP contribution in [0.15, 0.2) is 23.4 Å². The second-order valence-electron chi connectivity index (χ2n) is 4.97. The van der Waals surface area contributed by atoms with Crippen LogP contribution in [0.3, 0.4) is 0 Å². The molecule has 0 amide bonds. The molecule has 0 aliphatic heterocycles. The molecule has 2 unspecified atom stereocenters. The van der Waals surface area contributed by atoms with Crippen molar-refractivity contribution in [3.63, 3.8) is 0 Å². The predicted molar refractivity (Wildman–Crippen MR) is 74.0 cm³/mol. The quantitative estimate of drug-likeness (QED) is 0.914. The van der Waals surface area contributed by atoms with Gasteiger partial charge in [0.15, 0.2) is 14.9 Å². The van der Waals surface area contributed by atoms with Crippen LogP contribution >= 0.6 is 0 Å². The lowest BCUT2D eigenvalue weighted by Gasteiger charge is -2.31. The molecule has 1 heterocycles. The first kappa shape index (κ1) is 14.3. The van der Waals surface area contributed by atoms with Gasteiger partial charge >= 0.3 is 0 Å². The molecule has 2 rings (SSSR count). The van der Waals surface area contributed by atoms with Gasteiger partial charge < -0.3 is 10.1 Å². The molecule has 0 spiro atoms. The van der Waals surface area contributed by atoms with Gasteiger partial charge in [0.05, 0.1) is 24.0 Å². The summed E-state index contributed by atoms with van der Waals surface area (Å²) in [6.45, 7) is 0. The Morgan fingerprint density at radius 2 is 2.05 bits per heavy atom. The van der Waals surface area contributed by atoms with Gasteiger partial charge in [0.2, 0.25) is 0 Å². The molecule has 0 bridgehead atoms. The Kier molecular flexibility index (Phi) is 4.42. The second kappa shape index (κ2) is 5.88. The van der Waals surface area contributed by atoms with E-state index in [0.717, 1.165) is 24.8 Å². The van der Waals surface area contributed by atoms with Gasteiger partial charge in [0, 0.05) is 13.4 Å². The first-order valence-corrected chi connectivity index (χ1v) is 8.35. The lowest BCUT2D eigenvalue weighted by atomic mass is 9.92. The molecule has 0 aromatic carbocycles. The number of nitrogens with zero attached hydrogens (tertiary/aromatic N) is 1. The van der Waals surface area contributed by atoms with Crippen LogP contribution in [0.5, 0.6) is 0 Å². The Morgan fingerprint density at radius 1 is 1.32 bits per heavy atom. The van der Waals surface area contributed by atoms with E-state index in [1.54, 1.807) is 19.4 Å². The maximum absolute atomic E-state index is 11.3. The Balaban J connectivity index is 2.06. The minimum atomic E-state index is -3.23. The smallest absolute Gasteiger partial charge is 0.192 e. The maximum atomic E-state index is 11.3. The summed E-state index contributed by atoms with van der Waals surface area (Å²) in [6, 6.07) is 3.55. The highest BCUT2D eigenvalue weighted by molar-refractivity contribution is 7.90. The minimum absolute atomic E-state index is 0.102. The summed E-state index contributed by atoms with van der Waals surface area (Å²) in [4.78, 5) is 3.98. The molecule has 0 radical (unpaired) electrons. The van der Waals surface area contributed by atoms with E-state index in [1.807, 2.05) is 0 Å². The molecular weight excluding hydrogens is 264 g/mol. The van der Waals surface area contributed by atoms with Crippen molar-refractivity contribution < 1.29 is 13.2 Å². The number of methoxy groups -OCH3 is 1. The van der Waals surface area contributed by atoms with Gasteiger partial charge in [-0.3, -0.25) is 0 Å². The largest absolute Gasteiger partial charge is 0.379 e. The van der Waals surface area contributed by atoms with Gasteiger partial charge in [-0.15, -0.1) is 0 Å². The van der Waals surface area contributed by atoms with E-state index in [-0.39, 0.29) is 17.2 Å². The number of anilines is 1. The van der Waals surface area contributed by atoms with Gasteiger partial charge in [0.1, 0.15) is 0 Å². The van der Waals surface area contributed by atoms with E-state index in [0.29, 0.717) is 0 Å². The SMILES string of the molecule is COC1CCCCC1Nc1ccc(S(C)(=O)=O)nc1. The van der Waals surface area contributed by atoms with Crippen LogP contribution in [-0.2, 0) is 14.6 Å². The van der Waals surface area contributed by atoms with Crippen molar-refractivity contribution in [3.8, 4) is 0 Å². The van der Waals surface area contributed by atoms with Gasteiger partial charge in [-0.1, -0.05) is 12.8 Å². The Labute approximate surface area is 114 Å². The van der Waals surface area contributed by atoms with Crippen molar-refractivity contribution in [1.29, 1.82) is 0 Å². The average molecular weight is 284 g/mol. The lowest BCUT2D eigenvalue weighted by molar-refractivity contribution is 0.0606. The number of hydrogen-bond acceptors (Lipinski definition) is 5. The van der Waals surface area contributed by atoms with E-state index in [4.69, 9.17) is 4.74 Å². The summed E-state index contributed by atoms with van der Waals surface area (Å²) < 4.78 is 28.1. The van der Waals surface area contributed by atoms with Crippen molar-refractivity contribution in [1.82, 2.24) is 4.98 Å². The van der Waals surface area contributed by atoms with Crippen molar-refractivity contribution in [2.45, 2.75) is 42.9 Å². The summed E-state index contributed by atoms with van der Waals surface area (Å²) in [6.07, 6.45) is 7.44. The molecule has 1 aromatic heterocycles. The second-order valence-corrected chi connectivity index (χ2v) is 6.93. The van der Waals surface area contributed by atoms with Crippen molar-refractivity contribution in [2.75, 3.05) is 18.7 Å². The fourth-order valence-corrected chi connectivity index (χ4v) is 3.00. The first-order valence-electron chi connectivity index (χ1n) is 6.46. The molecule has 1 saturated carbocycles. The summed E-state index contributed by atoms with van der Waals surface area (Å²) in [5.41, 5.74) is 0.835. The van der Waals surface area contributed by atoms with Gasteiger partial charge in [-0.2, -0.15) is 0 Å². The van der Waals surface area contributed by atoms with E-state index in [9.17, 15) is 8.42 Å². The number of aromatic nitrogens is 1. The van der Waals surface area contributed by atoms with Gasteiger partial charge in [-0.05, 0) is 25.0 Å². The van der Waals surface area contributed by atoms with Crippen LogP contribution in [0, 0.1) is 0 Å². The van der Waals surface area contributed by atoms with Crippen LogP contribution in [0.2, 0.25) is 0 Å². The maximum Gasteiger partial charge on any atom is 0.192 e. The van der Waals surface area contributed by atoms with Crippen molar-refractivity contribution in [2.24, 2.45) is 0 Å². The highest BCUT2D eigenvalue weighted by Gasteiger charge is 2.24. The Morgan fingerprint density at radius 3 is 2.63 bits per heavy atom. The zero-order chi connectivity index (χ0) is 13.9. The summed E-state index contributed by atoms with van der Waals surface area (Å²) in [5, 5.41) is 3.48. The minimum Gasteiger partial charge on any atom is -0.379 e. The molecule has 1 aliphatic carbocycles. The van der Waals surface area contributed by atoms with Crippen LogP contribution in [0.1, 0.15) is 25.7 Å². The highest BCUT2D eigenvalue weighted by Crippen LogP contribution is 2.24. The number of ether oxygens (including phenoxy) is 1. The Hall–Kier alpha value is -1.14. The Bertz CT molecular complexity index is 513. The molecule has 2 atom stereocenters. The van der Waals surface area contributed by atoms with Crippen LogP contribution in [0.4, 0.5) is 5.69 Å². The standard InChI is InChI=1S/C13H20N2O3S/c1-18-12-6-4-3-5-11(12)15-10-7-8-13(14-9-10)19(2,16)17/h7-9,11-12,15H,3-6H2,1-2H3. The van der Waals surface area contributed by atoms with E-state index < -0.39 is 9.84 Å². The molecule has 1 aromatic rings. The molecule has 19 heavy (non-hydrogen) atoms. The molecule has 6 heteroatoms. The number of nitrogens with one attached hydrogen (secondary N) is 1. The third-order valence-corrected chi connectivity index (χ3v) is 4.47.